The number of carboxylic acid groups (broad SMARTS) is 1. The van der Waals surface area contributed by atoms with E-state index in [4.69, 9.17) is 5.11 Å². The zero-order valence-electron chi connectivity index (χ0n) is 11.8. The molecule has 1 aromatic heterocycles. The van der Waals surface area contributed by atoms with Crippen molar-refractivity contribution in [1.29, 1.82) is 0 Å². The molecule has 1 heterocycles. The molecular weight excluding hydrogens is 294 g/mol. The summed E-state index contributed by atoms with van der Waals surface area (Å²) in [6, 6.07) is 2.40. The highest BCUT2D eigenvalue weighted by molar-refractivity contribution is 7.99. The van der Waals surface area contributed by atoms with E-state index in [0.29, 0.717) is 17.5 Å². The Morgan fingerprint density at radius 2 is 2.05 bits per heavy atom. The summed E-state index contributed by atoms with van der Waals surface area (Å²) in [5, 5.41) is 14.0. The number of carbonyl (C=O) groups is 3. The maximum atomic E-state index is 11.5. The highest BCUT2D eigenvalue weighted by atomic mass is 32.2. The minimum Gasteiger partial charge on any atom is -0.478 e. The van der Waals surface area contributed by atoms with Crippen LogP contribution in [0.1, 0.15) is 24.2 Å². The van der Waals surface area contributed by atoms with Crippen molar-refractivity contribution in [2.24, 2.45) is 5.92 Å². The lowest BCUT2D eigenvalue weighted by Gasteiger charge is -2.08. The van der Waals surface area contributed by atoms with E-state index in [1.165, 1.54) is 18.3 Å². The molecule has 114 valence electrons. The van der Waals surface area contributed by atoms with Crippen molar-refractivity contribution in [3.05, 3.63) is 23.9 Å². The standard InChI is InChI=1S/C13H17N3O4S/c1-8(2)5-15-13(20)16-10(17)7-21-11-4-3-9(6-14-11)12(18)19/h3-4,6,8H,5,7H2,1-2H3,(H,18,19)(H2,15,16,17,20). The number of carbonyl (C=O) groups excluding carboxylic acids is 2. The zero-order valence-corrected chi connectivity index (χ0v) is 12.6. The van der Waals surface area contributed by atoms with Gasteiger partial charge in [0.15, 0.2) is 0 Å². The van der Waals surface area contributed by atoms with Crippen LogP contribution in [0, 0.1) is 5.92 Å². The van der Waals surface area contributed by atoms with Crippen LogP contribution in [0.25, 0.3) is 0 Å². The van der Waals surface area contributed by atoms with Gasteiger partial charge in [-0.15, -0.1) is 0 Å². The predicted octanol–water partition coefficient (Wildman–Crippen LogP) is 1.35. The summed E-state index contributed by atoms with van der Waals surface area (Å²) in [7, 11) is 0. The minimum absolute atomic E-state index is 0.0223. The Morgan fingerprint density at radius 3 is 2.57 bits per heavy atom. The lowest BCUT2D eigenvalue weighted by molar-refractivity contribution is -0.117. The molecule has 0 aliphatic heterocycles. The van der Waals surface area contributed by atoms with Crippen molar-refractivity contribution in [2.45, 2.75) is 18.9 Å². The number of amides is 3. The van der Waals surface area contributed by atoms with Gasteiger partial charge in [0.25, 0.3) is 0 Å². The molecule has 0 unspecified atom stereocenters. The van der Waals surface area contributed by atoms with Crippen LogP contribution < -0.4 is 10.6 Å². The Kier molecular flexibility index (Phi) is 6.67. The maximum Gasteiger partial charge on any atom is 0.337 e. The van der Waals surface area contributed by atoms with Crippen molar-refractivity contribution in [1.82, 2.24) is 15.6 Å². The summed E-state index contributed by atoms with van der Waals surface area (Å²) >= 11 is 1.12. The van der Waals surface area contributed by atoms with Gasteiger partial charge in [-0.05, 0) is 18.1 Å². The number of thioether (sulfide) groups is 1. The summed E-state index contributed by atoms with van der Waals surface area (Å²) < 4.78 is 0. The summed E-state index contributed by atoms with van der Waals surface area (Å²) in [5.74, 6) is -1.17. The number of urea groups is 1. The van der Waals surface area contributed by atoms with Gasteiger partial charge in [0.05, 0.1) is 16.3 Å². The van der Waals surface area contributed by atoms with Gasteiger partial charge < -0.3 is 10.4 Å². The molecule has 3 amide bonds. The molecule has 7 nitrogen and oxygen atoms in total. The van der Waals surface area contributed by atoms with Crippen LogP contribution in [0.15, 0.2) is 23.4 Å². The SMILES string of the molecule is CC(C)CNC(=O)NC(=O)CSc1ccc(C(=O)O)cn1. The van der Waals surface area contributed by atoms with Crippen molar-refractivity contribution in [2.75, 3.05) is 12.3 Å². The van der Waals surface area contributed by atoms with E-state index in [0.717, 1.165) is 11.8 Å². The molecule has 0 radical (unpaired) electrons. The van der Waals surface area contributed by atoms with Crippen molar-refractivity contribution >= 4 is 29.7 Å². The number of hydrogen-bond donors (Lipinski definition) is 3. The van der Waals surface area contributed by atoms with E-state index < -0.39 is 17.9 Å². The quantitative estimate of drug-likeness (QED) is 0.684. The summed E-state index contributed by atoms with van der Waals surface area (Å²) in [5.41, 5.74) is 0.0804. The third-order valence-electron chi connectivity index (χ3n) is 2.26. The van der Waals surface area contributed by atoms with E-state index >= 15 is 0 Å². The summed E-state index contributed by atoms with van der Waals surface area (Å²) in [6.45, 7) is 4.39. The van der Waals surface area contributed by atoms with Gasteiger partial charge in [-0.3, -0.25) is 10.1 Å². The second-order valence-electron chi connectivity index (χ2n) is 4.63. The Morgan fingerprint density at radius 1 is 1.33 bits per heavy atom. The summed E-state index contributed by atoms with van der Waals surface area (Å²) in [4.78, 5) is 37.5. The van der Waals surface area contributed by atoms with E-state index in [1.54, 1.807) is 0 Å². The van der Waals surface area contributed by atoms with Crippen LogP contribution in [0.4, 0.5) is 4.79 Å². The highest BCUT2D eigenvalue weighted by Gasteiger charge is 2.09. The number of pyridine rings is 1. The number of nitrogens with zero attached hydrogens (tertiary/aromatic N) is 1. The monoisotopic (exact) mass is 311 g/mol. The molecular formula is C13H17N3O4S. The Hall–Kier alpha value is -2.09. The van der Waals surface area contributed by atoms with Gasteiger partial charge in [0.2, 0.25) is 5.91 Å². The fourth-order valence-corrected chi connectivity index (χ4v) is 1.88. The topological polar surface area (TPSA) is 108 Å². The molecule has 21 heavy (non-hydrogen) atoms. The fourth-order valence-electron chi connectivity index (χ4n) is 1.24. The van der Waals surface area contributed by atoms with Crippen molar-refractivity contribution in [3.8, 4) is 0 Å². The molecule has 0 aliphatic carbocycles. The Labute approximate surface area is 126 Å². The van der Waals surface area contributed by atoms with Crippen molar-refractivity contribution < 1.29 is 19.5 Å². The van der Waals surface area contributed by atoms with Crippen LogP contribution in [-0.2, 0) is 4.79 Å². The number of aromatic carboxylic acids is 1. The minimum atomic E-state index is -1.06. The number of carboxylic acids is 1. The highest BCUT2D eigenvalue weighted by Crippen LogP contribution is 2.14. The zero-order chi connectivity index (χ0) is 15.8. The predicted molar refractivity (Wildman–Crippen MR) is 78.3 cm³/mol. The van der Waals surface area contributed by atoms with E-state index in [1.807, 2.05) is 13.8 Å². The second kappa shape index (κ2) is 8.25. The molecule has 0 saturated heterocycles. The summed E-state index contributed by atoms with van der Waals surface area (Å²) in [6.07, 6.45) is 1.22. The number of aromatic nitrogens is 1. The maximum absolute atomic E-state index is 11.5. The first-order chi connectivity index (χ1) is 9.88. The van der Waals surface area contributed by atoms with Gasteiger partial charge in [-0.1, -0.05) is 25.6 Å². The molecule has 8 heteroatoms. The third kappa shape index (κ3) is 6.75. The molecule has 1 aromatic rings. The molecule has 0 bridgehead atoms. The molecule has 0 aromatic carbocycles. The third-order valence-corrected chi connectivity index (χ3v) is 3.20. The number of hydrogen-bond acceptors (Lipinski definition) is 5. The number of rotatable bonds is 6. The van der Waals surface area contributed by atoms with E-state index in [-0.39, 0.29) is 11.3 Å². The van der Waals surface area contributed by atoms with Gasteiger partial charge in [-0.2, -0.15) is 0 Å². The first kappa shape index (κ1) is 17.0. The number of imide groups is 1. The largest absolute Gasteiger partial charge is 0.478 e. The average molecular weight is 311 g/mol. The molecule has 0 aliphatic rings. The van der Waals surface area contributed by atoms with Crippen LogP contribution in [0.3, 0.4) is 0 Å². The van der Waals surface area contributed by atoms with Crippen LogP contribution in [0.2, 0.25) is 0 Å². The first-order valence-corrected chi connectivity index (χ1v) is 7.27. The van der Waals surface area contributed by atoms with Crippen LogP contribution in [-0.4, -0.2) is 40.3 Å². The second-order valence-corrected chi connectivity index (χ2v) is 5.63. The molecule has 3 N–H and O–H groups in total. The van der Waals surface area contributed by atoms with E-state index in [2.05, 4.69) is 15.6 Å². The van der Waals surface area contributed by atoms with Crippen LogP contribution in [0.5, 0.6) is 0 Å². The Bertz CT molecular complexity index is 517. The molecule has 0 saturated carbocycles. The molecule has 0 atom stereocenters. The molecule has 1 rings (SSSR count). The Balaban J connectivity index is 2.35. The first-order valence-electron chi connectivity index (χ1n) is 6.28. The fraction of sp³-hybridized carbons (Fsp3) is 0.385. The number of nitrogens with one attached hydrogen (secondary N) is 2. The van der Waals surface area contributed by atoms with Gasteiger partial charge in [0, 0.05) is 12.7 Å². The normalized spacial score (nSPS) is 10.2. The van der Waals surface area contributed by atoms with Gasteiger partial charge in [-0.25, -0.2) is 14.6 Å². The van der Waals surface area contributed by atoms with Crippen LogP contribution >= 0.6 is 11.8 Å². The lowest BCUT2D eigenvalue weighted by atomic mass is 10.2. The molecule has 0 spiro atoms. The van der Waals surface area contributed by atoms with Gasteiger partial charge in [0.1, 0.15) is 0 Å². The smallest absolute Gasteiger partial charge is 0.337 e. The lowest BCUT2D eigenvalue weighted by Crippen LogP contribution is -2.41. The van der Waals surface area contributed by atoms with E-state index in [9.17, 15) is 14.4 Å². The van der Waals surface area contributed by atoms with Crippen molar-refractivity contribution in [3.63, 3.8) is 0 Å². The van der Waals surface area contributed by atoms with Gasteiger partial charge >= 0.3 is 12.0 Å². The average Bonchev–Trinajstić information content (AvgIpc) is 2.43. The molecule has 0 fully saturated rings.